The Balaban J connectivity index is 1.98. The van der Waals surface area contributed by atoms with E-state index in [2.05, 4.69) is 38.0 Å². The van der Waals surface area contributed by atoms with Crippen LogP contribution in [0.15, 0.2) is 6.33 Å². The molecule has 0 aromatic carbocycles. The van der Waals surface area contributed by atoms with Crippen molar-refractivity contribution in [3.8, 4) is 0 Å². The second-order valence-corrected chi connectivity index (χ2v) is 6.63. The zero-order valence-electron chi connectivity index (χ0n) is 12.5. The second-order valence-electron chi connectivity index (χ2n) is 6.63. The summed E-state index contributed by atoms with van der Waals surface area (Å²) in [7, 11) is 0. The molecule has 1 aromatic heterocycles. The molecule has 0 unspecified atom stereocenters. The van der Waals surface area contributed by atoms with Crippen LogP contribution in [-0.4, -0.2) is 21.5 Å². The minimum absolute atomic E-state index is 0.0770. The molecule has 1 aromatic rings. The van der Waals surface area contributed by atoms with E-state index >= 15 is 0 Å². The molecule has 0 saturated carbocycles. The third kappa shape index (κ3) is 3.37. The summed E-state index contributed by atoms with van der Waals surface area (Å²) in [6.45, 7) is 8.86. The van der Waals surface area contributed by atoms with Gasteiger partial charge >= 0.3 is 0 Å². The zero-order chi connectivity index (χ0) is 14.0. The summed E-state index contributed by atoms with van der Waals surface area (Å²) in [6, 6.07) is 0.166. The molecule has 2 rings (SSSR count). The molecule has 0 saturated heterocycles. The maximum absolute atomic E-state index is 12.1. The van der Waals surface area contributed by atoms with E-state index in [1.807, 2.05) is 10.9 Å². The topological polar surface area (TPSA) is 46.9 Å². The summed E-state index contributed by atoms with van der Waals surface area (Å²) in [5.74, 6) is 0.0770. The number of carbonyl (C=O) groups is 1. The van der Waals surface area contributed by atoms with Gasteiger partial charge in [0.2, 0.25) is 5.91 Å². The standard InChI is InChI=1S/C15H25N3O/c1-11(15(2,3)4)17-14(19)9-18-10-16-12-7-5-6-8-13(12)18/h10-11H,5-9H2,1-4H3,(H,17,19)/t11-/m1/s1. The summed E-state index contributed by atoms with van der Waals surface area (Å²) >= 11 is 0. The van der Waals surface area contributed by atoms with Crippen molar-refractivity contribution < 1.29 is 4.79 Å². The fraction of sp³-hybridized carbons (Fsp3) is 0.733. The maximum atomic E-state index is 12.1. The molecule has 0 fully saturated rings. The summed E-state index contributed by atoms with van der Waals surface area (Å²) < 4.78 is 2.01. The highest BCUT2D eigenvalue weighted by Gasteiger charge is 2.22. The second kappa shape index (κ2) is 5.35. The van der Waals surface area contributed by atoms with E-state index in [4.69, 9.17) is 0 Å². The number of rotatable bonds is 3. The molecule has 0 radical (unpaired) electrons. The average molecular weight is 263 g/mol. The van der Waals surface area contributed by atoms with Gasteiger partial charge in [-0.25, -0.2) is 4.98 Å². The smallest absolute Gasteiger partial charge is 0.240 e. The molecule has 1 atom stereocenters. The SMILES string of the molecule is C[C@@H](NC(=O)Cn1cnc2c1CCCC2)C(C)(C)C. The van der Waals surface area contributed by atoms with Crippen LogP contribution >= 0.6 is 0 Å². The highest BCUT2D eigenvalue weighted by Crippen LogP contribution is 2.20. The third-order valence-electron chi connectivity index (χ3n) is 4.10. The Morgan fingerprint density at radius 3 is 2.79 bits per heavy atom. The van der Waals surface area contributed by atoms with Gasteiger partial charge in [-0.15, -0.1) is 0 Å². The molecular formula is C15H25N3O. The molecule has 1 N–H and O–H groups in total. The molecule has 0 aliphatic heterocycles. The zero-order valence-corrected chi connectivity index (χ0v) is 12.5. The fourth-order valence-corrected chi connectivity index (χ4v) is 2.33. The molecule has 1 aliphatic rings. The van der Waals surface area contributed by atoms with Crippen LogP contribution in [0.5, 0.6) is 0 Å². The van der Waals surface area contributed by atoms with Gasteiger partial charge in [0.1, 0.15) is 6.54 Å². The number of carbonyl (C=O) groups excluding carboxylic acids is 1. The predicted octanol–water partition coefficient (Wildman–Crippen LogP) is 2.31. The first-order chi connectivity index (χ1) is 8.88. The Bertz CT molecular complexity index is 456. The van der Waals surface area contributed by atoms with Crippen molar-refractivity contribution in [1.29, 1.82) is 0 Å². The Kier molecular flexibility index (Phi) is 3.97. The molecule has 1 heterocycles. The molecule has 1 aliphatic carbocycles. The lowest BCUT2D eigenvalue weighted by Gasteiger charge is -2.28. The van der Waals surface area contributed by atoms with E-state index in [1.54, 1.807) is 0 Å². The minimum Gasteiger partial charge on any atom is -0.352 e. The Morgan fingerprint density at radius 1 is 1.42 bits per heavy atom. The highest BCUT2D eigenvalue weighted by atomic mass is 16.2. The Labute approximate surface area is 115 Å². The van der Waals surface area contributed by atoms with Gasteiger partial charge in [0.25, 0.3) is 0 Å². The number of aryl methyl sites for hydroxylation is 1. The van der Waals surface area contributed by atoms with Gasteiger partial charge < -0.3 is 9.88 Å². The third-order valence-corrected chi connectivity index (χ3v) is 4.10. The molecule has 106 valence electrons. The van der Waals surface area contributed by atoms with Crippen molar-refractivity contribution in [2.45, 2.75) is 66.0 Å². The van der Waals surface area contributed by atoms with Crippen LogP contribution in [0.1, 0.15) is 51.9 Å². The highest BCUT2D eigenvalue weighted by molar-refractivity contribution is 5.76. The number of hydrogen-bond donors (Lipinski definition) is 1. The van der Waals surface area contributed by atoms with Crippen LogP contribution in [0.2, 0.25) is 0 Å². The number of hydrogen-bond acceptors (Lipinski definition) is 2. The lowest BCUT2D eigenvalue weighted by molar-refractivity contribution is -0.123. The van der Waals surface area contributed by atoms with Crippen molar-refractivity contribution in [3.63, 3.8) is 0 Å². The van der Waals surface area contributed by atoms with Gasteiger partial charge in [-0.3, -0.25) is 4.79 Å². The minimum atomic E-state index is 0.0770. The summed E-state index contributed by atoms with van der Waals surface area (Å²) in [4.78, 5) is 16.5. The maximum Gasteiger partial charge on any atom is 0.240 e. The Hall–Kier alpha value is -1.32. The first kappa shape index (κ1) is 14.1. The number of nitrogens with one attached hydrogen (secondary N) is 1. The van der Waals surface area contributed by atoms with Gasteiger partial charge in [0.15, 0.2) is 0 Å². The molecule has 1 amide bonds. The molecule has 0 bridgehead atoms. The summed E-state index contributed by atoms with van der Waals surface area (Å²) in [5, 5.41) is 3.08. The average Bonchev–Trinajstić information content (AvgIpc) is 2.71. The molecule has 4 heteroatoms. The van der Waals surface area contributed by atoms with Crippen LogP contribution < -0.4 is 5.32 Å². The number of imidazole rings is 1. The number of amides is 1. The summed E-state index contributed by atoms with van der Waals surface area (Å²) in [6.07, 6.45) is 6.35. The van der Waals surface area contributed by atoms with E-state index in [0.29, 0.717) is 6.54 Å². The van der Waals surface area contributed by atoms with Crippen molar-refractivity contribution in [2.24, 2.45) is 5.41 Å². The van der Waals surface area contributed by atoms with E-state index in [-0.39, 0.29) is 17.4 Å². The van der Waals surface area contributed by atoms with Crippen molar-refractivity contribution in [1.82, 2.24) is 14.9 Å². The van der Waals surface area contributed by atoms with E-state index in [1.165, 1.54) is 24.2 Å². The van der Waals surface area contributed by atoms with Gasteiger partial charge in [-0.05, 0) is 38.0 Å². The van der Waals surface area contributed by atoms with Gasteiger partial charge in [-0.2, -0.15) is 0 Å². The quantitative estimate of drug-likeness (QED) is 0.909. The van der Waals surface area contributed by atoms with Crippen LogP contribution in [-0.2, 0) is 24.2 Å². The number of fused-ring (bicyclic) bond motifs is 1. The van der Waals surface area contributed by atoms with E-state index in [9.17, 15) is 4.79 Å². The molecular weight excluding hydrogens is 238 g/mol. The van der Waals surface area contributed by atoms with Gasteiger partial charge in [0.05, 0.1) is 12.0 Å². The van der Waals surface area contributed by atoms with Crippen LogP contribution in [0.3, 0.4) is 0 Å². The normalized spacial score (nSPS) is 16.8. The summed E-state index contributed by atoms with van der Waals surface area (Å²) in [5.41, 5.74) is 2.53. The lowest BCUT2D eigenvalue weighted by atomic mass is 9.88. The molecule has 0 spiro atoms. The largest absolute Gasteiger partial charge is 0.352 e. The number of nitrogens with zero attached hydrogens (tertiary/aromatic N) is 2. The molecule has 4 nitrogen and oxygen atoms in total. The predicted molar refractivity (Wildman–Crippen MR) is 75.9 cm³/mol. The van der Waals surface area contributed by atoms with Crippen LogP contribution in [0, 0.1) is 5.41 Å². The lowest BCUT2D eigenvalue weighted by Crippen LogP contribution is -2.42. The monoisotopic (exact) mass is 263 g/mol. The number of aromatic nitrogens is 2. The van der Waals surface area contributed by atoms with Gasteiger partial charge in [0, 0.05) is 11.7 Å². The first-order valence-corrected chi connectivity index (χ1v) is 7.20. The van der Waals surface area contributed by atoms with Crippen molar-refractivity contribution in [2.75, 3.05) is 0 Å². The van der Waals surface area contributed by atoms with Crippen molar-refractivity contribution in [3.05, 3.63) is 17.7 Å². The van der Waals surface area contributed by atoms with Crippen LogP contribution in [0.25, 0.3) is 0 Å². The van der Waals surface area contributed by atoms with Crippen LogP contribution in [0.4, 0.5) is 0 Å². The van der Waals surface area contributed by atoms with E-state index in [0.717, 1.165) is 12.8 Å². The first-order valence-electron chi connectivity index (χ1n) is 7.20. The van der Waals surface area contributed by atoms with Gasteiger partial charge in [-0.1, -0.05) is 20.8 Å². The molecule has 19 heavy (non-hydrogen) atoms. The Morgan fingerprint density at radius 2 is 2.11 bits per heavy atom. The fourth-order valence-electron chi connectivity index (χ4n) is 2.33. The van der Waals surface area contributed by atoms with Crippen molar-refractivity contribution >= 4 is 5.91 Å². The van der Waals surface area contributed by atoms with E-state index < -0.39 is 0 Å².